The Labute approximate surface area is 136 Å². The van der Waals surface area contributed by atoms with E-state index in [4.69, 9.17) is 4.74 Å². The van der Waals surface area contributed by atoms with Crippen LogP contribution in [0.2, 0.25) is 0 Å². The summed E-state index contributed by atoms with van der Waals surface area (Å²) >= 11 is 0. The second kappa shape index (κ2) is 6.42. The monoisotopic (exact) mass is 314 g/mol. The Hall–Kier alpha value is -2.34. The van der Waals surface area contributed by atoms with Crippen molar-refractivity contribution in [2.24, 2.45) is 0 Å². The number of likely N-dealkylation sites (N-methyl/N-ethyl adjacent to an activating group) is 1. The number of amides is 1. The Balaban J connectivity index is 1.61. The summed E-state index contributed by atoms with van der Waals surface area (Å²) in [6.07, 6.45) is 0.934. The molecule has 0 radical (unpaired) electrons. The quantitative estimate of drug-likeness (QED) is 0.904. The molecule has 122 valence electrons. The van der Waals surface area contributed by atoms with Gasteiger partial charge in [-0.1, -0.05) is 12.1 Å². The van der Waals surface area contributed by atoms with Crippen LogP contribution >= 0.6 is 0 Å². The highest BCUT2D eigenvalue weighted by Crippen LogP contribution is 2.19. The summed E-state index contributed by atoms with van der Waals surface area (Å²) in [5.74, 6) is 0.642. The lowest BCUT2D eigenvalue weighted by molar-refractivity contribution is 0.0944. The number of methoxy groups -OCH3 is 1. The second-order valence-electron chi connectivity index (χ2n) is 6.06. The molecule has 1 aromatic carbocycles. The van der Waals surface area contributed by atoms with Crippen molar-refractivity contribution < 1.29 is 9.53 Å². The van der Waals surface area contributed by atoms with Crippen molar-refractivity contribution in [2.75, 3.05) is 21.2 Å². The SMILES string of the molecule is COc1cccc(CNC(=O)c2cc3n(n2)C[C@@H](N(C)C)C3)c1. The summed E-state index contributed by atoms with van der Waals surface area (Å²) in [6, 6.07) is 10.0. The van der Waals surface area contributed by atoms with Gasteiger partial charge < -0.3 is 15.0 Å². The summed E-state index contributed by atoms with van der Waals surface area (Å²) in [6.45, 7) is 1.30. The maximum absolute atomic E-state index is 12.3. The van der Waals surface area contributed by atoms with E-state index in [9.17, 15) is 4.79 Å². The van der Waals surface area contributed by atoms with Crippen molar-refractivity contribution in [1.82, 2.24) is 20.0 Å². The molecular weight excluding hydrogens is 292 g/mol. The molecule has 23 heavy (non-hydrogen) atoms. The minimum absolute atomic E-state index is 0.142. The Morgan fingerprint density at radius 2 is 2.26 bits per heavy atom. The fourth-order valence-electron chi connectivity index (χ4n) is 2.80. The lowest BCUT2D eigenvalue weighted by Gasteiger charge is -2.17. The van der Waals surface area contributed by atoms with Crippen LogP contribution in [-0.4, -0.2) is 47.8 Å². The van der Waals surface area contributed by atoms with Gasteiger partial charge in [-0.3, -0.25) is 9.48 Å². The number of nitrogens with zero attached hydrogens (tertiary/aromatic N) is 3. The zero-order valence-corrected chi connectivity index (χ0v) is 13.7. The predicted molar refractivity (Wildman–Crippen MR) is 87.6 cm³/mol. The molecule has 3 rings (SSSR count). The molecule has 6 heteroatoms. The molecule has 1 amide bonds. The van der Waals surface area contributed by atoms with E-state index >= 15 is 0 Å². The van der Waals surface area contributed by atoms with E-state index < -0.39 is 0 Å². The van der Waals surface area contributed by atoms with Gasteiger partial charge in [-0.2, -0.15) is 5.10 Å². The maximum atomic E-state index is 12.3. The summed E-state index contributed by atoms with van der Waals surface area (Å²) in [4.78, 5) is 14.5. The van der Waals surface area contributed by atoms with Crippen molar-refractivity contribution in [1.29, 1.82) is 0 Å². The van der Waals surface area contributed by atoms with E-state index in [2.05, 4.69) is 29.4 Å². The molecule has 0 saturated heterocycles. The van der Waals surface area contributed by atoms with Gasteiger partial charge >= 0.3 is 0 Å². The van der Waals surface area contributed by atoms with Crippen LogP contribution in [0.25, 0.3) is 0 Å². The van der Waals surface area contributed by atoms with Crippen LogP contribution in [0, 0.1) is 0 Å². The molecule has 1 N–H and O–H groups in total. The number of nitrogens with one attached hydrogen (secondary N) is 1. The summed E-state index contributed by atoms with van der Waals surface area (Å²) < 4.78 is 7.12. The molecule has 0 unspecified atom stereocenters. The van der Waals surface area contributed by atoms with Crippen LogP contribution in [0.3, 0.4) is 0 Å². The third-order valence-corrected chi connectivity index (χ3v) is 4.24. The summed E-state index contributed by atoms with van der Waals surface area (Å²) in [5, 5.41) is 7.33. The van der Waals surface area contributed by atoms with Crippen molar-refractivity contribution >= 4 is 5.91 Å². The van der Waals surface area contributed by atoms with Gasteiger partial charge in [0, 0.05) is 24.7 Å². The molecule has 0 aliphatic carbocycles. The van der Waals surface area contributed by atoms with E-state index in [1.807, 2.05) is 35.0 Å². The molecule has 0 spiro atoms. The van der Waals surface area contributed by atoms with Gasteiger partial charge in [0.15, 0.2) is 0 Å². The minimum Gasteiger partial charge on any atom is -0.497 e. The van der Waals surface area contributed by atoms with Crippen LogP contribution in [0.1, 0.15) is 21.7 Å². The number of hydrogen-bond acceptors (Lipinski definition) is 4. The number of ether oxygens (including phenoxy) is 1. The summed E-state index contributed by atoms with van der Waals surface area (Å²) in [5.41, 5.74) is 2.60. The largest absolute Gasteiger partial charge is 0.497 e. The molecule has 0 fully saturated rings. The Kier molecular flexibility index (Phi) is 4.34. The Morgan fingerprint density at radius 1 is 1.43 bits per heavy atom. The number of benzene rings is 1. The van der Waals surface area contributed by atoms with Gasteiger partial charge in [0.25, 0.3) is 5.91 Å². The topological polar surface area (TPSA) is 59.4 Å². The molecule has 1 aromatic heterocycles. The highest BCUT2D eigenvalue weighted by atomic mass is 16.5. The minimum atomic E-state index is -0.142. The second-order valence-corrected chi connectivity index (χ2v) is 6.06. The van der Waals surface area contributed by atoms with Gasteiger partial charge in [0.1, 0.15) is 11.4 Å². The third kappa shape index (κ3) is 3.37. The van der Waals surface area contributed by atoms with Gasteiger partial charge in [-0.25, -0.2) is 0 Å². The molecule has 0 saturated carbocycles. The molecule has 1 atom stereocenters. The molecular formula is C17H22N4O2. The fourth-order valence-corrected chi connectivity index (χ4v) is 2.80. The Morgan fingerprint density at radius 3 is 2.96 bits per heavy atom. The van der Waals surface area contributed by atoms with Crippen LogP contribution in [0.5, 0.6) is 5.75 Å². The van der Waals surface area contributed by atoms with Crippen LogP contribution in [0.4, 0.5) is 0 Å². The molecule has 6 nitrogen and oxygen atoms in total. The number of fused-ring (bicyclic) bond motifs is 1. The highest BCUT2D eigenvalue weighted by molar-refractivity contribution is 5.92. The average molecular weight is 314 g/mol. The molecule has 1 aliphatic rings. The Bertz CT molecular complexity index is 685. The van der Waals surface area contributed by atoms with Crippen molar-refractivity contribution in [3.63, 3.8) is 0 Å². The van der Waals surface area contributed by atoms with E-state index in [-0.39, 0.29) is 5.91 Å². The van der Waals surface area contributed by atoms with Crippen LogP contribution < -0.4 is 10.1 Å². The first-order valence-corrected chi connectivity index (χ1v) is 7.71. The van der Waals surface area contributed by atoms with Crippen LogP contribution in [0.15, 0.2) is 30.3 Å². The number of rotatable bonds is 5. The van der Waals surface area contributed by atoms with E-state index in [0.29, 0.717) is 18.3 Å². The first-order valence-electron chi connectivity index (χ1n) is 7.71. The predicted octanol–water partition coefficient (Wildman–Crippen LogP) is 1.31. The van der Waals surface area contributed by atoms with Gasteiger partial charge in [-0.15, -0.1) is 0 Å². The molecule has 0 bridgehead atoms. The standard InChI is InChI=1S/C17H22N4O2/c1-20(2)14-8-13-9-16(19-21(13)11-14)17(22)18-10-12-5-4-6-15(7-12)23-3/h4-7,9,14H,8,10-11H2,1-3H3,(H,18,22)/t14-/m0/s1. The smallest absolute Gasteiger partial charge is 0.272 e. The normalized spacial score (nSPS) is 16.4. The maximum Gasteiger partial charge on any atom is 0.272 e. The molecule has 2 aromatic rings. The van der Waals surface area contributed by atoms with Crippen molar-refractivity contribution in [3.8, 4) is 5.75 Å². The first-order chi connectivity index (χ1) is 11.1. The zero-order chi connectivity index (χ0) is 16.4. The number of carbonyl (C=O) groups is 1. The lowest BCUT2D eigenvalue weighted by Crippen LogP contribution is -2.29. The number of carbonyl (C=O) groups excluding carboxylic acids is 1. The zero-order valence-electron chi connectivity index (χ0n) is 13.7. The third-order valence-electron chi connectivity index (χ3n) is 4.24. The van der Waals surface area contributed by atoms with Crippen LogP contribution in [-0.2, 0) is 19.5 Å². The fraction of sp³-hybridized carbons (Fsp3) is 0.412. The summed E-state index contributed by atoms with van der Waals surface area (Å²) in [7, 11) is 5.77. The number of hydrogen-bond donors (Lipinski definition) is 1. The van der Waals surface area contributed by atoms with E-state index in [1.54, 1.807) is 7.11 Å². The highest BCUT2D eigenvalue weighted by Gasteiger charge is 2.26. The average Bonchev–Trinajstić information content (AvgIpc) is 3.11. The molecule has 2 heterocycles. The van der Waals surface area contributed by atoms with Crippen molar-refractivity contribution in [2.45, 2.75) is 25.6 Å². The first kappa shape index (κ1) is 15.6. The lowest BCUT2D eigenvalue weighted by atomic mass is 10.2. The van der Waals surface area contributed by atoms with Crippen molar-refractivity contribution in [3.05, 3.63) is 47.3 Å². The van der Waals surface area contributed by atoms with Gasteiger partial charge in [0.05, 0.1) is 13.7 Å². The van der Waals surface area contributed by atoms with Gasteiger partial charge in [0.2, 0.25) is 0 Å². The van der Waals surface area contributed by atoms with E-state index in [1.165, 1.54) is 0 Å². The molecule has 1 aliphatic heterocycles. The van der Waals surface area contributed by atoms with Gasteiger partial charge in [-0.05, 0) is 37.9 Å². The van der Waals surface area contributed by atoms with E-state index in [0.717, 1.165) is 30.0 Å². The number of aromatic nitrogens is 2.